The second kappa shape index (κ2) is 5.98. The zero-order valence-electron chi connectivity index (χ0n) is 10.4. The molecule has 5 heteroatoms. The summed E-state index contributed by atoms with van der Waals surface area (Å²) in [5.41, 5.74) is 6.83. The summed E-state index contributed by atoms with van der Waals surface area (Å²) in [7, 11) is 0. The standard InChI is InChI=1S/C12H18N2O3/c1-4-16-9-6-10(13)12(17-5-2)11(7-9)14-8(3)15/h6-7H,4-5,13H2,1-3H3,(H,14,15). The van der Waals surface area contributed by atoms with Crippen LogP contribution in [0.1, 0.15) is 20.8 Å². The molecule has 0 radical (unpaired) electrons. The Balaban J connectivity index is 3.13. The molecule has 3 N–H and O–H groups in total. The Morgan fingerprint density at radius 3 is 2.47 bits per heavy atom. The van der Waals surface area contributed by atoms with Crippen LogP contribution in [-0.2, 0) is 4.79 Å². The number of hydrogen-bond acceptors (Lipinski definition) is 4. The van der Waals surface area contributed by atoms with Gasteiger partial charge in [-0.2, -0.15) is 0 Å². The van der Waals surface area contributed by atoms with Gasteiger partial charge in [-0.05, 0) is 13.8 Å². The lowest BCUT2D eigenvalue weighted by Gasteiger charge is -2.15. The molecule has 0 aliphatic heterocycles. The van der Waals surface area contributed by atoms with Crippen LogP contribution in [0.25, 0.3) is 0 Å². The Morgan fingerprint density at radius 1 is 1.29 bits per heavy atom. The number of carbonyl (C=O) groups excluding carboxylic acids is 1. The summed E-state index contributed by atoms with van der Waals surface area (Å²) in [5, 5.41) is 2.67. The fourth-order valence-electron chi connectivity index (χ4n) is 1.46. The van der Waals surface area contributed by atoms with Crippen molar-refractivity contribution in [2.24, 2.45) is 0 Å². The van der Waals surface area contributed by atoms with E-state index in [-0.39, 0.29) is 5.91 Å². The normalized spacial score (nSPS) is 9.82. The van der Waals surface area contributed by atoms with Crippen molar-refractivity contribution in [2.45, 2.75) is 20.8 Å². The first-order valence-electron chi connectivity index (χ1n) is 5.55. The highest BCUT2D eigenvalue weighted by Crippen LogP contribution is 2.36. The maximum atomic E-state index is 11.1. The topological polar surface area (TPSA) is 73.6 Å². The van der Waals surface area contributed by atoms with Crippen LogP contribution < -0.4 is 20.5 Å². The zero-order chi connectivity index (χ0) is 12.8. The molecule has 0 unspecified atom stereocenters. The van der Waals surface area contributed by atoms with E-state index in [2.05, 4.69) is 5.32 Å². The third-order valence-corrected chi connectivity index (χ3v) is 2.00. The molecular formula is C12H18N2O3. The van der Waals surface area contributed by atoms with E-state index in [9.17, 15) is 4.79 Å². The molecule has 0 bridgehead atoms. The van der Waals surface area contributed by atoms with Crippen molar-refractivity contribution >= 4 is 17.3 Å². The number of carbonyl (C=O) groups is 1. The molecule has 0 saturated heterocycles. The predicted octanol–water partition coefficient (Wildman–Crippen LogP) is 2.02. The van der Waals surface area contributed by atoms with Crippen molar-refractivity contribution < 1.29 is 14.3 Å². The molecule has 17 heavy (non-hydrogen) atoms. The Bertz CT molecular complexity index is 405. The van der Waals surface area contributed by atoms with Gasteiger partial charge in [-0.1, -0.05) is 0 Å². The minimum Gasteiger partial charge on any atom is -0.494 e. The van der Waals surface area contributed by atoms with E-state index in [0.29, 0.717) is 36.1 Å². The molecule has 0 saturated carbocycles. The van der Waals surface area contributed by atoms with Crippen LogP contribution in [0.3, 0.4) is 0 Å². The number of nitrogens with two attached hydrogens (primary N) is 1. The fourth-order valence-corrected chi connectivity index (χ4v) is 1.46. The highest BCUT2D eigenvalue weighted by Gasteiger charge is 2.11. The van der Waals surface area contributed by atoms with Gasteiger partial charge in [0.2, 0.25) is 5.91 Å². The van der Waals surface area contributed by atoms with Crippen LogP contribution in [0, 0.1) is 0 Å². The fraction of sp³-hybridized carbons (Fsp3) is 0.417. The predicted molar refractivity (Wildman–Crippen MR) is 67.5 cm³/mol. The first kappa shape index (κ1) is 13.2. The lowest BCUT2D eigenvalue weighted by atomic mass is 10.2. The third-order valence-electron chi connectivity index (χ3n) is 2.00. The number of nitrogens with one attached hydrogen (secondary N) is 1. The molecule has 0 atom stereocenters. The molecule has 1 aromatic carbocycles. The molecule has 0 fully saturated rings. The number of ether oxygens (including phenoxy) is 2. The Hall–Kier alpha value is -1.91. The average molecular weight is 238 g/mol. The Kier molecular flexibility index (Phi) is 4.63. The quantitative estimate of drug-likeness (QED) is 0.770. The van der Waals surface area contributed by atoms with Gasteiger partial charge in [-0.25, -0.2) is 0 Å². The maximum absolute atomic E-state index is 11.1. The molecule has 1 aromatic rings. The van der Waals surface area contributed by atoms with E-state index >= 15 is 0 Å². The Morgan fingerprint density at radius 2 is 1.94 bits per heavy atom. The van der Waals surface area contributed by atoms with E-state index in [1.54, 1.807) is 12.1 Å². The lowest BCUT2D eigenvalue weighted by Crippen LogP contribution is -2.09. The Labute approximate surface area is 101 Å². The molecule has 0 aromatic heterocycles. The van der Waals surface area contributed by atoms with Crippen molar-refractivity contribution in [1.29, 1.82) is 0 Å². The van der Waals surface area contributed by atoms with Gasteiger partial charge in [0, 0.05) is 19.1 Å². The SMILES string of the molecule is CCOc1cc(N)c(OCC)c(NC(C)=O)c1. The molecule has 0 spiro atoms. The highest BCUT2D eigenvalue weighted by atomic mass is 16.5. The van der Waals surface area contributed by atoms with Gasteiger partial charge in [0.05, 0.1) is 24.6 Å². The van der Waals surface area contributed by atoms with Crippen LogP contribution in [0.15, 0.2) is 12.1 Å². The number of amides is 1. The molecule has 0 aliphatic carbocycles. The average Bonchev–Trinajstić information content (AvgIpc) is 2.23. The second-order valence-corrected chi connectivity index (χ2v) is 3.44. The van der Waals surface area contributed by atoms with Crippen LogP contribution in [-0.4, -0.2) is 19.1 Å². The molecule has 0 aliphatic rings. The molecule has 1 amide bonds. The van der Waals surface area contributed by atoms with Crippen molar-refractivity contribution in [1.82, 2.24) is 0 Å². The van der Waals surface area contributed by atoms with Crippen LogP contribution >= 0.6 is 0 Å². The van der Waals surface area contributed by atoms with Gasteiger partial charge < -0.3 is 20.5 Å². The maximum Gasteiger partial charge on any atom is 0.221 e. The summed E-state index contributed by atoms with van der Waals surface area (Å²) in [6.45, 7) is 6.18. The van der Waals surface area contributed by atoms with Crippen molar-refractivity contribution in [3.63, 3.8) is 0 Å². The third kappa shape index (κ3) is 3.55. The van der Waals surface area contributed by atoms with E-state index < -0.39 is 0 Å². The first-order chi connectivity index (χ1) is 8.08. The van der Waals surface area contributed by atoms with Crippen LogP contribution in [0.4, 0.5) is 11.4 Å². The summed E-state index contributed by atoms with van der Waals surface area (Å²) in [6.07, 6.45) is 0. The van der Waals surface area contributed by atoms with E-state index in [1.165, 1.54) is 6.92 Å². The minimum atomic E-state index is -0.181. The van der Waals surface area contributed by atoms with Gasteiger partial charge in [-0.3, -0.25) is 4.79 Å². The van der Waals surface area contributed by atoms with E-state index in [0.717, 1.165) is 0 Å². The summed E-state index contributed by atoms with van der Waals surface area (Å²) in [5.74, 6) is 0.905. The number of benzene rings is 1. The van der Waals surface area contributed by atoms with Gasteiger partial charge in [0.1, 0.15) is 5.75 Å². The van der Waals surface area contributed by atoms with Gasteiger partial charge in [0.15, 0.2) is 5.75 Å². The van der Waals surface area contributed by atoms with Crippen molar-refractivity contribution in [3.8, 4) is 11.5 Å². The van der Waals surface area contributed by atoms with Gasteiger partial charge in [-0.15, -0.1) is 0 Å². The van der Waals surface area contributed by atoms with Gasteiger partial charge >= 0.3 is 0 Å². The number of nitrogen functional groups attached to an aromatic ring is 1. The highest BCUT2D eigenvalue weighted by molar-refractivity contribution is 5.92. The zero-order valence-corrected chi connectivity index (χ0v) is 10.4. The summed E-state index contributed by atoms with van der Waals surface area (Å²) in [4.78, 5) is 11.1. The second-order valence-electron chi connectivity index (χ2n) is 3.44. The monoisotopic (exact) mass is 238 g/mol. The van der Waals surface area contributed by atoms with Crippen molar-refractivity contribution in [3.05, 3.63) is 12.1 Å². The van der Waals surface area contributed by atoms with E-state index in [1.807, 2.05) is 13.8 Å². The van der Waals surface area contributed by atoms with E-state index in [4.69, 9.17) is 15.2 Å². The van der Waals surface area contributed by atoms with Crippen LogP contribution in [0.2, 0.25) is 0 Å². The molecular weight excluding hydrogens is 220 g/mol. The van der Waals surface area contributed by atoms with Gasteiger partial charge in [0.25, 0.3) is 0 Å². The molecule has 5 nitrogen and oxygen atoms in total. The number of hydrogen-bond donors (Lipinski definition) is 2. The molecule has 94 valence electrons. The molecule has 1 rings (SSSR count). The first-order valence-corrected chi connectivity index (χ1v) is 5.55. The smallest absolute Gasteiger partial charge is 0.221 e. The van der Waals surface area contributed by atoms with Crippen LogP contribution in [0.5, 0.6) is 11.5 Å². The summed E-state index contributed by atoms with van der Waals surface area (Å²) < 4.78 is 10.8. The summed E-state index contributed by atoms with van der Waals surface area (Å²) >= 11 is 0. The largest absolute Gasteiger partial charge is 0.494 e. The minimum absolute atomic E-state index is 0.181. The van der Waals surface area contributed by atoms with Crippen molar-refractivity contribution in [2.75, 3.05) is 24.3 Å². The summed E-state index contributed by atoms with van der Waals surface area (Å²) in [6, 6.07) is 3.38. The lowest BCUT2D eigenvalue weighted by molar-refractivity contribution is -0.114. The number of rotatable bonds is 5. The number of anilines is 2. The molecule has 0 heterocycles.